The van der Waals surface area contributed by atoms with E-state index in [9.17, 15) is 4.79 Å². The van der Waals surface area contributed by atoms with E-state index < -0.39 is 0 Å². The zero-order valence-corrected chi connectivity index (χ0v) is 12.3. The Morgan fingerprint density at radius 1 is 1.55 bits per heavy atom. The van der Waals surface area contributed by atoms with E-state index in [1.54, 1.807) is 12.1 Å². The summed E-state index contributed by atoms with van der Waals surface area (Å²) in [6.07, 6.45) is 0. The normalized spacial score (nSPS) is 19.6. The van der Waals surface area contributed by atoms with Gasteiger partial charge in [-0.05, 0) is 19.1 Å². The van der Waals surface area contributed by atoms with Gasteiger partial charge in [0.25, 0.3) is 0 Å². The quantitative estimate of drug-likeness (QED) is 0.810. The number of nitrogens with one attached hydrogen (secondary N) is 1. The van der Waals surface area contributed by atoms with E-state index in [1.807, 2.05) is 12.1 Å². The lowest BCUT2D eigenvalue weighted by Gasteiger charge is -2.32. The Bertz CT molecular complexity index is 507. The van der Waals surface area contributed by atoms with Gasteiger partial charge in [0.1, 0.15) is 4.99 Å². The molecule has 1 heterocycles. The van der Waals surface area contributed by atoms with Crippen LogP contribution >= 0.6 is 12.2 Å². The Labute approximate surface area is 124 Å². The molecule has 1 aromatic carbocycles. The molecule has 1 unspecified atom stereocenters. The first-order valence-corrected chi connectivity index (χ1v) is 6.99. The van der Waals surface area contributed by atoms with Crippen molar-refractivity contribution in [2.75, 3.05) is 31.6 Å². The highest BCUT2D eigenvalue weighted by atomic mass is 32.1. The largest absolute Gasteiger partial charge is 0.389 e. The van der Waals surface area contributed by atoms with Gasteiger partial charge < -0.3 is 15.8 Å². The summed E-state index contributed by atoms with van der Waals surface area (Å²) in [6, 6.07) is 7.54. The highest BCUT2D eigenvalue weighted by molar-refractivity contribution is 7.80. The number of amides is 1. The van der Waals surface area contributed by atoms with Crippen LogP contribution in [0.25, 0.3) is 0 Å². The lowest BCUT2D eigenvalue weighted by Crippen LogP contribution is -2.47. The molecule has 1 aromatic rings. The Kier molecular flexibility index (Phi) is 5.05. The van der Waals surface area contributed by atoms with Crippen LogP contribution in [-0.4, -0.2) is 48.1 Å². The number of benzene rings is 1. The van der Waals surface area contributed by atoms with Crippen molar-refractivity contribution in [2.24, 2.45) is 5.73 Å². The molecule has 1 atom stereocenters. The van der Waals surface area contributed by atoms with Gasteiger partial charge in [-0.25, -0.2) is 0 Å². The van der Waals surface area contributed by atoms with Crippen molar-refractivity contribution in [1.29, 1.82) is 0 Å². The summed E-state index contributed by atoms with van der Waals surface area (Å²) in [5.41, 5.74) is 6.99. The van der Waals surface area contributed by atoms with Gasteiger partial charge in [0, 0.05) is 18.2 Å². The molecular formula is C14H19N3O2S. The smallest absolute Gasteiger partial charge is 0.238 e. The van der Waals surface area contributed by atoms with E-state index >= 15 is 0 Å². The van der Waals surface area contributed by atoms with Gasteiger partial charge in [0.2, 0.25) is 5.91 Å². The molecule has 0 bridgehead atoms. The number of hydrogen-bond donors (Lipinski definition) is 2. The van der Waals surface area contributed by atoms with E-state index in [2.05, 4.69) is 17.1 Å². The van der Waals surface area contributed by atoms with Crippen LogP contribution in [-0.2, 0) is 9.53 Å². The van der Waals surface area contributed by atoms with Gasteiger partial charge in [0.05, 0.1) is 25.4 Å². The standard InChI is InChI=1S/C14H19N3O2S/c1-10-9-19-7-6-17(10)8-13(18)16-12-5-3-2-4-11(12)14(15)20/h2-5,10H,6-9H2,1H3,(H2,15,20)(H,16,18). The summed E-state index contributed by atoms with van der Waals surface area (Å²) >= 11 is 4.98. The molecule has 1 saturated heterocycles. The van der Waals surface area contributed by atoms with E-state index in [4.69, 9.17) is 22.7 Å². The minimum Gasteiger partial charge on any atom is -0.389 e. The fourth-order valence-electron chi connectivity index (χ4n) is 2.18. The van der Waals surface area contributed by atoms with Gasteiger partial charge in [-0.3, -0.25) is 9.69 Å². The summed E-state index contributed by atoms with van der Waals surface area (Å²) < 4.78 is 5.36. The molecule has 0 radical (unpaired) electrons. The van der Waals surface area contributed by atoms with E-state index in [0.717, 1.165) is 6.54 Å². The predicted octanol–water partition coefficient (Wildman–Crippen LogP) is 0.980. The minimum atomic E-state index is -0.0672. The number of thiocarbonyl (C=S) groups is 1. The lowest BCUT2D eigenvalue weighted by atomic mass is 10.1. The minimum absolute atomic E-state index is 0.0672. The molecule has 0 aliphatic carbocycles. The average molecular weight is 293 g/mol. The topological polar surface area (TPSA) is 67.6 Å². The van der Waals surface area contributed by atoms with Crippen molar-refractivity contribution in [2.45, 2.75) is 13.0 Å². The first-order valence-electron chi connectivity index (χ1n) is 6.58. The number of ether oxygens (including phenoxy) is 1. The molecule has 20 heavy (non-hydrogen) atoms. The molecule has 108 valence electrons. The Hall–Kier alpha value is -1.50. The van der Waals surface area contributed by atoms with Crippen LogP contribution in [0.4, 0.5) is 5.69 Å². The average Bonchev–Trinajstić information content (AvgIpc) is 2.41. The van der Waals surface area contributed by atoms with Crippen LogP contribution < -0.4 is 11.1 Å². The second kappa shape index (κ2) is 6.78. The number of nitrogens with zero attached hydrogens (tertiary/aromatic N) is 1. The molecule has 1 aliphatic rings. The molecule has 3 N–H and O–H groups in total. The molecule has 0 spiro atoms. The second-order valence-electron chi connectivity index (χ2n) is 4.85. The third kappa shape index (κ3) is 3.75. The number of rotatable bonds is 4. The molecular weight excluding hydrogens is 274 g/mol. The fourth-order valence-corrected chi connectivity index (χ4v) is 2.36. The monoisotopic (exact) mass is 293 g/mol. The maximum atomic E-state index is 12.1. The van der Waals surface area contributed by atoms with Crippen LogP contribution in [0, 0.1) is 0 Å². The maximum absolute atomic E-state index is 12.1. The summed E-state index contributed by atoms with van der Waals surface area (Å²) in [4.78, 5) is 14.5. The second-order valence-corrected chi connectivity index (χ2v) is 5.29. The van der Waals surface area contributed by atoms with Crippen LogP contribution in [0.15, 0.2) is 24.3 Å². The molecule has 5 nitrogen and oxygen atoms in total. The number of nitrogens with two attached hydrogens (primary N) is 1. The Balaban J connectivity index is 1.99. The number of morpholine rings is 1. The van der Waals surface area contributed by atoms with Crippen molar-refractivity contribution in [3.8, 4) is 0 Å². The van der Waals surface area contributed by atoms with Gasteiger partial charge >= 0.3 is 0 Å². The third-order valence-corrected chi connectivity index (χ3v) is 3.54. The molecule has 1 amide bonds. The van der Waals surface area contributed by atoms with Gasteiger partial charge in [0.15, 0.2) is 0 Å². The van der Waals surface area contributed by atoms with E-state index in [0.29, 0.717) is 31.0 Å². The summed E-state index contributed by atoms with van der Waals surface area (Å²) in [7, 11) is 0. The summed E-state index contributed by atoms with van der Waals surface area (Å²) in [6.45, 7) is 4.50. The molecule has 1 aliphatic heterocycles. The molecule has 0 saturated carbocycles. The molecule has 2 rings (SSSR count). The maximum Gasteiger partial charge on any atom is 0.238 e. The number of carbonyl (C=O) groups excluding carboxylic acids is 1. The first kappa shape index (κ1) is 14.9. The zero-order valence-electron chi connectivity index (χ0n) is 11.5. The number of hydrogen-bond acceptors (Lipinski definition) is 4. The van der Waals surface area contributed by atoms with Crippen molar-refractivity contribution < 1.29 is 9.53 Å². The van der Waals surface area contributed by atoms with Crippen LogP contribution in [0.3, 0.4) is 0 Å². The summed E-state index contributed by atoms with van der Waals surface area (Å²) in [5.74, 6) is -0.0672. The number of anilines is 1. The third-order valence-electron chi connectivity index (χ3n) is 3.32. The molecule has 6 heteroatoms. The molecule has 0 aromatic heterocycles. The lowest BCUT2D eigenvalue weighted by molar-refractivity contribution is -0.119. The summed E-state index contributed by atoms with van der Waals surface area (Å²) in [5, 5.41) is 2.87. The van der Waals surface area contributed by atoms with Crippen molar-refractivity contribution in [3.63, 3.8) is 0 Å². The highest BCUT2D eigenvalue weighted by Crippen LogP contribution is 2.15. The first-order chi connectivity index (χ1) is 9.58. The Morgan fingerprint density at radius 3 is 3.00 bits per heavy atom. The SMILES string of the molecule is CC1COCCN1CC(=O)Nc1ccccc1C(N)=S. The van der Waals surface area contributed by atoms with Crippen molar-refractivity contribution >= 4 is 28.8 Å². The Morgan fingerprint density at radius 2 is 2.30 bits per heavy atom. The highest BCUT2D eigenvalue weighted by Gasteiger charge is 2.21. The molecule has 1 fully saturated rings. The number of carbonyl (C=O) groups is 1. The van der Waals surface area contributed by atoms with Crippen LogP contribution in [0.5, 0.6) is 0 Å². The van der Waals surface area contributed by atoms with Gasteiger partial charge in [-0.2, -0.15) is 0 Å². The zero-order chi connectivity index (χ0) is 14.5. The van der Waals surface area contributed by atoms with E-state index in [-0.39, 0.29) is 16.9 Å². The van der Waals surface area contributed by atoms with Crippen molar-refractivity contribution in [1.82, 2.24) is 4.90 Å². The van der Waals surface area contributed by atoms with Crippen LogP contribution in [0.2, 0.25) is 0 Å². The predicted molar refractivity (Wildman–Crippen MR) is 82.8 cm³/mol. The van der Waals surface area contributed by atoms with Gasteiger partial charge in [-0.15, -0.1) is 0 Å². The fraction of sp³-hybridized carbons (Fsp3) is 0.429. The van der Waals surface area contributed by atoms with Crippen molar-refractivity contribution in [3.05, 3.63) is 29.8 Å². The number of para-hydroxylation sites is 1. The van der Waals surface area contributed by atoms with Gasteiger partial charge in [-0.1, -0.05) is 24.4 Å². The van der Waals surface area contributed by atoms with E-state index in [1.165, 1.54) is 0 Å². The van der Waals surface area contributed by atoms with Crippen LogP contribution in [0.1, 0.15) is 12.5 Å².